The van der Waals surface area contributed by atoms with E-state index in [1.165, 1.54) is 23.1 Å². The number of ether oxygens (including phenoxy) is 1. The van der Waals surface area contributed by atoms with Crippen LogP contribution in [-0.4, -0.2) is 34.2 Å². The number of thioether (sulfide) groups is 1. The van der Waals surface area contributed by atoms with Crippen molar-refractivity contribution in [3.05, 3.63) is 89.1 Å². The molecular formula is C33H34F3N3O4S. The molecule has 0 bridgehead atoms. The number of nitrogens with one attached hydrogen (secondary N) is 1. The van der Waals surface area contributed by atoms with Crippen LogP contribution in [0.2, 0.25) is 0 Å². The van der Waals surface area contributed by atoms with Gasteiger partial charge >= 0.3 is 6.36 Å². The van der Waals surface area contributed by atoms with Gasteiger partial charge in [-0.05, 0) is 58.4 Å². The SMILES string of the molecule is CC(C)(C)c1c(O)ccc(/C=C2/N=C(SCC(=O)Nc3ccccc3OC(F)(F)F)N(c3ccccc3)C2=O)c1C(C)(C)C. The number of aliphatic imine (C=N–C) groups is 1. The number of para-hydroxylation sites is 3. The van der Waals surface area contributed by atoms with Crippen LogP contribution < -0.4 is 15.0 Å². The lowest BCUT2D eigenvalue weighted by Gasteiger charge is -2.32. The van der Waals surface area contributed by atoms with Crippen LogP contribution in [0.3, 0.4) is 0 Å². The molecule has 0 atom stereocenters. The lowest BCUT2D eigenvalue weighted by molar-refractivity contribution is -0.274. The number of halogens is 3. The molecule has 1 aliphatic rings. The molecule has 3 aromatic carbocycles. The molecule has 1 heterocycles. The van der Waals surface area contributed by atoms with Gasteiger partial charge in [0.05, 0.1) is 17.1 Å². The minimum atomic E-state index is -4.93. The molecule has 4 rings (SSSR count). The van der Waals surface area contributed by atoms with Crippen molar-refractivity contribution in [1.82, 2.24) is 0 Å². The Morgan fingerprint density at radius 3 is 2.16 bits per heavy atom. The van der Waals surface area contributed by atoms with E-state index >= 15 is 0 Å². The first kappa shape index (κ1) is 32.7. The molecule has 0 saturated carbocycles. The van der Waals surface area contributed by atoms with E-state index in [1.54, 1.807) is 48.5 Å². The van der Waals surface area contributed by atoms with Crippen molar-refractivity contribution in [2.75, 3.05) is 16.0 Å². The number of hydrogen-bond acceptors (Lipinski definition) is 6. The largest absolute Gasteiger partial charge is 0.573 e. The van der Waals surface area contributed by atoms with Gasteiger partial charge in [0, 0.05) is 5.56 Å². The molecule has 3 aromatic rings. The van der Waals surface area contributed by atoms with Gasteiger partial charge in [0.15, 0.2) is 10.9 Å². The minimum Gasteiger partial charge on any atom is -0.508 e. The first-order chi connectivity index (χ1) is 20.5. The van der Waals surface area contributed by atoms with Gasteiger partial charge in [-0.1, -0.05) is 89.7 Å². The van der Waals surface area contributed by atoms with Crippen molar-refractivity contribution in [1.29, 1.82) is 0 Å². The highest BCUT2D eigenvalue weighted by Gasteiger charge is 2.35. The van der Waals surface area contributed by atoms with Gasteiger partial charge in [0.2, 0.25) is 5.91 Å². The quantitative estimate of drug-likeness (QED) is 0.271. The molecule has 0 spiro atoms. The number of alkyl halides is 3. The number of phenolic OH excluding ortho intramolecular Hbond substituents is 1. The van der Waals surface area contributed by atoms with E-state index in [0.717, 1.165) is 34.5 Å². The second kappa shape index (κ2) is 12.4. The third-order valence-corrected chi connectivity index (χ3v) is 7.51. The van der Waals surface area contributed by atoms with E-state index in [2.05, 4.69) is 15.0 Å². The number of benzene rings is 3. The van der Waals surface area contributed by atoms with Crippen LogP contribution >= 0.6 is 11.8 Å². The number of rotatable bonds is 6. The molecule has 1 aliphatic heterocycles. The van der Waals surface area contributed by atoms with Crippen molar-refractivity contribution in [2.45, 2.75) is 58.7 Å². The van der Waals surface area contributed by atoms with Crippen LogP contribution in [0.5, 0.6) is 11.5 Å². The summed E-state index contributed by atoms with van der Waals surface area (Å²) in [7, 11) is 0. The van der Waals surface area contributed by atoms with Gasteiger partial charge < -0.3 is 15.2 Å². The van der Waals surface area contributed by atoms with E-state index < -0.39 is 29.3 Å². The Morgan fingerprint density at radius 2 is 1.55 bits per heavy atom. The highest BCUT2D eigenvalue weighted by atomic mass is 32.2. The third-order valence-electron chi connectivity index (χ3n) is 6.57. The summed E-state index contributed by atoms with van der Waals surface area (Å²) >= 11 is 0.970. The summed E-state index contributed by atoms with van der Waals surface area (Å²) in [5.41, 5.74) is 2.13. The number of amidine groups is 1. The van der Waals surface area contributed by atoms with E-state index in [4.69, 9.17) is 0 Å². The summed E-state index contributed by atoms with van der Waals surface area (Å²) < 4.78 is 42.5. The second-order valence-corrected chi connectivity index (χ2v) is 13.1. The molecule has 0 saturated heterocycles. The zero-order chi connectivity index (χ0) is 32.4. The van der Waals surface area contributed by atoms with E-state index in [9.17, 15) is 27.9 Å². The van der Waals surface area contributed by atoms with E-state index in [1.807, 2.05) is 41.5 Å². The van der Waals surface area contributed by atoms with Gasteiger partial charge in [-0.15, -0.1) is 13.2 Å². The van der Waals surface area contributed by atoms with Crippen molar-refractivity contribution < 1.29 is 32.6 Å². The van der Waals surface area contributed by atoms with Crippen LogP contribution in [0, 0.1) is 0 Å². The fourth-order valence-corrected chi connectivity index (χ4v) is 5.75. The van der Waals surface area contributed by atoms with Gasteiger partial charge in [0.1, 0.15) is 11.4 Å². The second-order valence-electron chi connectivity index (χ2n) is 12.2. The van der Waals surface area contributed by atoms with Crippen LogP contribution in [-0.2, 0) is 20.4 Å². The van der Waals surface area contributed by atoms with Crippen molar-refractivity contribution in [3.8, 4) is 11.5 Å². The normalized spacial score (nSPS) is 15.0. The van der Waals surface area contributed by atoms with E-state index in [0.29, 0.717) is 5.69 Å². The highest BCUT2D eigenvalue weighted by molar-refractivity contribution is 8.14. The van der Waals surface area contributed by atoms with Crippen molar-refractivity contribution >= 4 is 46.2 Å². The molecule has 0 aromatic heterocycles. The Balaban J connectivity index is 1.69. The third kappa shape index (κ3) is 7.63. The fourth-order valence-electron chi connectivity index (χ4n) is 4.94. The maximum atomic E-state index is 13.8. The van der Waals surface area contributed by atoms with Gasteiger partial charge in [-0.3, -0.25) is 14.5 Å². The summed E-state index contributed by atoms with van der Waals surface area (Å²) in [5.74, 6) is -1.64. The van der Waals surface area contributed by atoms with Crippen LogP contribution in [0.4, 0.5) is 24.5 Å². The maximum Gasteiger partial charge on any atom is 0.573 e. The van der Waals surface area contributed by atoms with Crippen molar-refractivity contribution in [3.63, 3.8) is 0 Å². The molecule has 11 heteroatoms. The first-order valence-electron chi connectivity index (χ1n) is 13.8. The summed E-state index contributed by atoms with van der Waals surface area (Å²) in [4.78, 5) is 32.6. The summed E-state index contributed by atoms with van der Waals surface area (Å²) in [5, 5.41) is 13.5. The Hall–Kier alpha value is -4.25. The number of amides is 2. The van der Waals surface area contributed by atoms with Crippen LogP contribution in [0.25, 0.3) is 6.08 Å². The number of carbonyl (C=O) groups excluding carboxylic acids is 2. The van der Waals surface area contributed by atoms with Crippen LogP contribution in [0.1, 0.15) is 58.2 Å². The molecule has 0 radical (unpaired) electrons. The standard InChI is InChI=1S/C33H34F3N3O4S/c1-31(2,3)27-20(16-17-24(40)28(27)32(4,5)6)18-23-29(42)39(21-12-8-7-9-13-21)30(38-23)44-19-26(41)37-22-14-10-11-15-25(22)43-33(34,35)36/h7-18,40H,19H2,1-6H3,(H,37,41)/b23-18+. The molecule has 7 nitrogen and oxygen atoms in total. The zero-order valence-electron chi connectivity index (χ0n) is 25.2. The maximum absolute atomic E-state index is 13.8. The Bertz CT molecular complexity index is 1620. The smallest absolute Gasteiger partial charge is 0.508 e. The molecule has 44 heavy (non-hydrogen) atoms. The first-order valence-corrected chi connectivity index (χ1v) is 14.8. The average molecular weight is 626 g/mol. The number of carbonyl (C=O) groups is 2. The van der Waals surface area contributed by atoms with Gasteiger partial charge in [-0.2, -0.15) is 0 Å². The molecule has 2 amide bonds. The van der Waals surface area contributed by atoms with E-state index in [-0.39, 0.29) is 33.5 Å². The predicted molar refractivity (Wildman–Crippen MR) is 169 cm³/mol. The summed E-state index contributed by atoms with van der Waals surface area (Å²) in [6, 6.07) is 17.4. The molecular weight excluding hydrogens is 591 g/mol. The molecule has 232 valence electrons. The highest BCUT2D eigenvalue weighted by Crippen LogP contribution is 2.42. The number of phenols is 1. The fraction of sp³-hybridized carbons (Fsp3) is 0.303. The Labute approximate surface area is 258 Å². The topological polar surface area (TPSA) is 91.2 Å². The molecule has 0 unspecified atom stereocenters. The zero-order valence-corrected chi connectivity index (χ0v) is 26.1. The number of hydrogen-bond donors (Lipinski definition) is 2. The Morgan fingerprint density at radius 1 is 0.932 bits per heavy atom. The monoisotopic (exact) mass is 625 g/mol. The minimum absolute atomic E-state index is 0.136. The van der Waals surface area contributed by atoms with Gasteiger partial charge in [-0.25, -0.2) is 4.99 Å². The van der Waals surface area contributed by atoms with Crippen LogP contribution in [0.15, 0.2) is 77.4 Å². The van der Waals surface area contributed by atoms with Crippen molar-refractivity contribution in [2.24, 2.45) is 4.99 Å². The Kier molecular flexibility index (Phi) is 9.20. The number of nitrogens with zero attached hydrogens (tertiary/aromatic N) is 2. The predicted octanol–water partition coefficient (Wildman–Crippen LogP) is 8.00. The molecule has 0 fully saturated rings. The summed E-state index contributed by atoms with van der Waals surface area (Å²) in [6.45, 7) is 12.1. The molecule has 0 aliphatic carbocycles. The summed E-state index contributed by atoms with van der Waals surface area (Å²) in [6.07, 6.45) is -3.24. The lowest BCUT2D eigenvalue weighted by atomic mass is 9.72. The lowest BCUT2D eigenvalue weighted by Crippen LogP contribution is -2.31. The average Bonchev–Trinajstić information content (AvgIpc) is 3.22. The number of aromatic hydroxyl groups is 1. The number of anilines is 2. The van der Waals surface area contributed by atoms with Gasteiger partial charge in [0.25, 0.3) is 5.91 Å². The molecule has 2 N–H and O–H groups in total.